The Kier molecular flexibility index (Phi) is 5.78. The lowest BCUT2D eigenvalue weighted by Gasteiger charge is -2.22. The van der Waals surface area contributed by atoms with Crippen LogP contribution in [0.1, 0.15) is 45.2 Å². The summed E-state index contributed by atoms with van der Waals surface area (Å²) < 4.78 is 5.17. The van der Waals surface area contributed by atoms with Gasteiger partial charge in [-0.05, 0) is 67.6 Å². The molecule has 3 unspecified atom stereocenters. The van der Waals surface area contributed by atoms with Gasteiger partial charge in [0, 0.05) is 5.56 Å². The standard InChI is InChI=1S/C26H25NO5/c1-15-7-8-19(13-17(15)3)22(28)14-32-26(31)18-9-11-20(12-10-18)27-24(29)21-6-4-5-16(2)23(21)25(27)30/h4-5,7-13,16,21,23H,6,14H2,1-3H3. The van der Waals surface area contributed by atoms with E-state index in [-0.39, 0.29) is 47.5 Å². The van der Waals surface area contributed by atoms with Gasteiger partial charge in [-0.25, -0.2) is 4.79 Å². The van der Waals surface area contributed by atoms with Gasteiger partial charge in [0.25, 0.3) is 0 Å². The van der Waals surface area contributed by atoms with Crippen LogP contribution in [0.5, 0.6) is 0 Å². The minimum absolute atomic E-state index is 0.0132. The maximum atomic E-state index is 12.9. The molecule has 0 N–H and O–H groups in total. The Balaban J connectivity index is 1.42. The number of amides is 2. The molecule has 1 aliphatic carbocycles. The highest BCUT2D eigenvalue weighted by molar-refractivity contribution is 6.22. The lowest BCUT2D eigenvalue weighted by Crippen LogP contribution is -2.31. The molecule has 1 fully saturated rings. The molecule has 0 spiro atoms. The number of anilines is 1. The van der Waals surface area contributed by atoms with Crippen LogP contribution in [0.25, 0.3) is 0 Å². The number of ketones is 1. The fourth-order valence-corrected chi connectivity index (χ4v) is 4.36. The quantitative estimate of drug-likeness (QED) is 0.309. The molecule has 0 saturated carbocycles. The molecule has 3 atom stereocenters. The third kappa shape index (κ3) is 3.88. The van der Waals surface area contributed by atoms with Crippen LogP contribution in [-0.2, 0) is 14.3 Å². The lowest BCUT2D eigenvalue weighted by atomic mass is 9.78. The van der Waals surface area contributed by atoms with Crippen LogP contribution < -0.4 is 4.90 Å². The van der Waals surface area contributed by atoms with Gasteiger partial charge in [0.1, 0.15) is 0 Å². The van der Waals surface area contributed by atoms with Gasteiger partial charge < -0.3 is 4.74 Å². The summed E-state index contributed by atoms with van der Waals surface area (Å²) in [6, 6.07) is 11.5. The predicted molar refractivity (Wildman–Crippen MR) is 119 cm³/mol. The van der Waals surface area contributed by atoms with Gasteiger partial charge in [-0.15, -0.1) is 0 Å². The van der Waals surface area contributed by atoms with Crippen LogP contribution in [0.2, 0.25) is 0 Å². The van der Waals surface area contributed by atoms with Crippen LogP contribution in [0.15, 0.2) is 54.6 Å². The van der Waals surface area contributed by atoms with Crippen molar-refractivity contribution in [3.8, 4) is 0 Å². The predicted octanol–water partition coefficient (Wildman–Crippen LogP) is 4.04. The molecule has 1 heterocycles. The summed E-state index contributed by atoms with van der Waals surface area (Å²) in [5.41, 5.74) is 3.25. The van der Waals surface area contributed by atoms with Crippen molar-refractivity contribution < 1.29 is 23.9 Å². The average Bonchev–Trinajstić information content (AvgIpc) is 3.05. The van der Waals surface area contributed by atoms with Gasteiger partial charge in [0.15, 0.2) is 12.4 Å². The first-order valence-electron chi connectivity index (χ1n) is 10.7. The Hall–Kier alpha value is -3.54. The van der Waals surface area contributed by atoms with Crippen molar-refractivity contribution in [1.29, 1.82) is 0 Å². The lowest BCUT2D eigenvalue weighted by molar-refractivity contribution is -0.122. The molecule has 4 rings (SSSR count). The molecule has 32 heavy (non-hydrogen) atoms. The fourth-order valence-electron chi connectivity index (χ4n) is 4.36. The number of nitrogens with zero attached hydrogens (tertiary/aromatic N) is 1. The number of hydrogen-bond acceptors (Lipinski definition) is 5. The normalized spacial score (nSPS) is 22.1. The van der Waals surface area contributed by atoms with Gasteiger partial charge in [-0.2, -0.15) is 0 Å². The first kappa shape index (κ1) is 21.7. The molecule has 1 saturated heterocycles. The summed E-state index contributed by atoms with van der Waals surface area (Å²) in [5.74, 6) is -1.98. The second kappa shape index (κ2) is 8.54. The topological polar surface area (TPSA) is 80.8 Å². The number of carbonyl (C=O) groups excluding carboxylic acids is 4. The number of imide groups is 1. The summed E-state index contributed by atoms with van der Waals surface area (Å²) in [6.07, 6.45) is 4.50. The van der Waals surface area contributed by atoms with Crippen molar-refractivity contribution in [2.24, 2.45) is 17.8 Å². The summed E-state index contributed by atoms with van der Waals surface area (Å²) in [5, 5.41) is 0. The van der Waals surface area contributed by atoms with E-state index in [1.54, 1.807) is 24.3 Å². The van der Waals surface area contributed by atoms with Gasteiger partial charge in [0.05, 0.1) is 23.1 Å². The smallest absolute Gasteiger partial charge is 0.338 e. The number of ether oxygens (including phenoxy) is 1. The maximum Gasteiger partial charge on any atom is 0.338 e. The minimum Gasteiger partial charge on any atom is -0.454 e. The molecule has 2 amide bonds. The van der Waals surface area contributed by atoms with Crippen molar-refractivity contribution in [3.63, 3.8) is 0 Å². The van der Waals surface area contributed by atoms with E-state index in [4.69, 9.17) is 4.74 Å². The number of rotatable bonds is 5. The third-order valence-corrected chi connectivity index (χ3v) is 6.40. The van der Waals surface area contributed by atoms with Crippen molar-refractivity contribution in [3.05, 3.63) is 76.9 Å². The Morgan fingerprint density at radius 2 is 1.66 bits per heavy atom. The van der Waals surface area contributed by atoms with Crippen LogP contribution >= 0.6 is 0 Å². The number of hydrogen-bond donors (Lipinski definition) is 0. The Morgan fingerprint density at radius 3 is 2.31 bits per heavy atom. The molecule has 2 aliphatic rings. The molecule has 2 aromatic rings. The second-order valence-corrected chi connectivity index (χ2v) is 8.51. The minimum atomic E-state index is -0.640. The first-order chi connectivity index (χ1) is 15.3. The van der Waals surface area contributed by atoms with Crippen LogP contribution in [0.4, 0.5) is 5.69 Å². The van der Waals surface area contributed by atoms with E-state index < -0.39 is 5.97 Å². The van der Waals surface area contributed by atoms with Gasteiger partial charge in [-0.3, -0.25) is 19.3 Å². The number of carbonyl (C=O) groups is 4. The number of Topliss-reactive ketones (excluding diaryl/α,β-unsaturated/α-hetero) is 1. The van der Waals surface area contributed by atoms with Crippen molar-refractivity contribution >= 4 is 29.3 Å². The first-order valence-corrected chi connectivity index (χ1v) is 10.7. The van der Waals surface area contributed by atoms with E-state index >= 15 is 0 Å². The largest absolute Gasteiger partial charge is 0.454 e. The van der Waals surface area contributed by atoms with Gasteiger partial charge in [0.2, 0.25) is 11.8 Å². The number of benzene rings is 2. The molecule has 6 heteroatoms. The molecule has 0 bridgehead atoms. The Bertz CT molecular complexity index is 1130. The molecule has 164 valence electrons. The highest BCUT2D eigenvalue weighted by atomic mass is 16.5. The maximum absolute atomic E-state index is 12.9. The molecular formula is C26H25NO5. The summed E-state index contributed by atoms with van der Waals surface area (Å²) in [7, 11) is 0. The van der Waals surface area contributed by atoms with E-state index in [1.165, 1.54) is 17.0 Å². The number of allylic oxidation sites excluding steroid dienone is 2. The number of fused-ring (bicyclic) bond motifs is 1. The van der Waals surface area contributed by atoms with E-state index in [9.17, 15) is 19.2 Å². The van der Waals surface area contributed by atoms with Crippen LogP contribution in [-0.4, -0.2) is 30.2 Å². The molecular weight excluding hydrogens is 406 g/mol. The number of esters is 1. The SMILES string of the molecule is Cc1ccc(C(=O)COC(=O)c2ccc(N3C(=O)C4CC=CC(C)C4C3=O)cc2)cc1C. The monoisotopic (exact) mass is 431 g/mol. The van der Waals surface area contributed by atoms with Gasteiger partial charge in [-0.1, -0.05) is 31.2 Å². The van der Waals surface area contributed by atoms with E-state index in [2.05, 4.69) is 0 Å². The van der Waals surface area contributed by atoms with E-state index in [0.29, 0.717) is 17.7 Å². The van der Waals surface area contributed by atoms with E-state index in [1.807, 2.05) is 39.0 Å². The van der Waals surface area contributed by atoms with E-state index in [0.717, 1.165) is 11.1 Å². The summed E-state index contributed by atoms with van der Waals surface area (Å²) >= 11 is 0. The highest BCUT2D eigenvalue weighted by Gasteiger charge is 2.50. The molecule has 0 aromatic heterocycles. The molecule has 0 radical (unpaired) electrons. The van der Waals surface area contributed by atoms with Crippen LogP contribution in [0.3, 0.4) is 0 Å². The summed E-state index contributed by atoms with van der Waals surface area (Å²) in [6.45, 7) is 5.46. The average molecular weight is 431 g/mol. The van der Waals surface area contributed by atoms with Crippen molar-refractivity contribution in [1.82, 2.24) is 0 Å². The molecule has 2 aromatic carbocycles. The summed E-state index contributed by atoms with van der Waals surface area (Å²) in [4.78, 5) is 51.6. The highest BCUT2D eigenvalue weighted by Crippen LogP contribution is 2.40. The van der Waals surface area contributed by atoms with Crippen molar-refractivity contribution in [2.75, 3.05) is 11.5 Å². The number of aryl methyl sites for hydroxylation is 2. The molecule has 1 aliphatic heterocycles. The second-order valence-electron chi connectivity index (χ2n) is 8.51. The zero-order valence-electron chi connectivity index (χ0n) is 18.3. The van der Waals surface area contributed by atoms with Crippen molar-refractivity contribution in [2.45, 2.75) is 27.2 Å². The zero-order chi connectivity index (χ0) is 23.0. The van der Waals surface area contributed by atoms with Gasteiger partial charge >= 0.3 is 5.97 Å². The Labute approximate surface area is 186 Å². The Morgan fingerprint density at radius 1 is 0.969 bits per heavy atom. The van der Waals surface area contributed by atoms with Crippen LogP contribution in [0, 0.1) is 31.6 Å². The fraction of sp³-hybridized carbons (Fsp3) is 0.308. The zero-order valence-corrected chi connectivity index (χ0v) is 18.3. The third-order valence-electron chi connectivity index (χ3n) is 6.40. The molecule has 6 nitrogen and oxygen atoms in total.